The van der Waals surface area contributed by atoms with E-state index in [-0.39, 0.29) is 18.2 Å². The van der Waals surface area contributed by atoms with Gasteiger partial charge in [-0.1, -0.05) is 23.7 Å². The van der Waals surface area contributed by atoms with Crippen LogP contribution in [0.1, 0.15) is 22.3 Å². The summed E-state index contributed by atoms with van der Waals surface area (Å²) < 4.78 is 0. The predicted octanol–water partition coefficient (Wildman–Crippen LogP) is 1.68. The molecule has 0 aliphatic rings. The van der Waals surface area contributed by atoms with Gasteiger partial charge in [-0.15, -0.1) is 0 Å². The van der Waals surface area contributed by atoms with Crippen LogP contribution >= 0.6 is 11.6 Å². The van der Waals surface area contributed by atoms with Crippen LogP contribution in [0.3, 0.4) is 0 Å². The first-order valence-electron chi connectivity index (χ1n) is 7.09. The van der Waals surface area contributed by atoms with E-state index in [2.05, 4.69) is 21.2 Å². The van der Waals surface area contributed by atoms with Crippen molar-refractivity contribution in [2.45, 2.75) is 13.0 Å². The van der Waals surface area contributed by atoms with Gasteiger partial charge in [-0.05, 0) is 29.8 Å². The highest BCUT2D eigenvalue weighted by atomic mass is 35.5. The summed E-state index contributed by atoms with van der Waals surface area (Å²) in [5.41, 5.74) is 6.72. The monoisotopic (exact) mass is 332 g/mol. The van der Waals surface area contributed by atoms with Crippen molar-refractivity contribution in [1.82, 2.24) is 21.2 Å². The van der Waals surface area contributed by atoms with Crippen LogP contribution in [0.4, 0.5) is 0 Å². The van der Waals surface area contributed by atoms with E-state index in [4.69, 9.17) is 11.6 Å². The third kappa shape index (κ3) is 6.06. The fraction of sp³-hybridized carbons (Fsp3) is 0.188. The molecular weight excluding hydrogens is 316 g/mol. The molecule has 0 saturated heterocycles. The fourth-order valence-corrected chi connectivity index (χ4v) is 1.91. The zero-order valence-corrected chi connectivity index (χ0v) is 13.1. The van der Waals surface area contributed by atoms with Crippen molar-refractivity contribution in [3.8, 4) is 0 Å². The molecule has 0 fully saturated rings. The highest BCUT2D eigenvalue weighted by molar-refractivity contribution is 6.30. The lowest BCUT2D eigenvalue weighted by Crippen LogP contribution is -2.39. The Labute approximate surface area is 139 Å². The number of nitrogens with zero attached hydrogens (tertiary/aromatic N) is 1. The molecule has 7 heteroatoms. The second-order valence-corrected chi connectivity index (χ2v) is 5.21. The van der Waals surface area contributed by atoms with E-state index in [1.54, 1.807) is 36.7 Å². The molecule has 0 radical (unpaired) electrons. The molecule has 2 aromatic rings. The number of hydrogen-bond donors (Lipinski definition) is 3. The Hall–Kier alpha value is -2.44. The topological polar surface area (TPSA) is 83.1 Å². The molecule has 2 amide bonds. The van der Waals surface area contributed by atoms with Crippen LogP contribution in [0.5, 0.6) is 0 Å². The normalized spacial score (nSPS) is 10.1. The quantitative estimate of drug-likeness (QED) is 0.532. The van der Waals surface area contributed by atoms with Gasteiger partial charge in [0.15, 0.2) is 0 Å². The van der Waals surface area contributed by atoms with Gasteiger partial charge in [0.05, 0.1) is 0 Å². The zero-order valence-electron chi connectivity index (χ0n) is 12.4. The lowest BCUT2D eigenvalue weighted by Gasteiger charge is -2.08. The summed E-state index contributed by atoms with van der Waals surface area (Å²) in [4.78, 5) is 27.3. The number of rotatable bonds is 7. The van der Waals surface area contributed by atoms with Gasteiger partial charge >= 0.3 is 0 Å². The molecule has 1 aromatic carbocycles. The smallest absolute Gasteiger partial charge is 0.265 e. The first-order chi connectivity index (χ1) is 11.1. The molecule has 0 atom stereocenters. The van der Waals surface area contributed by atoms with E-state index < -0.39 is 0 Å². The van der Waals surface area contributed by atoms with Gasteiger partial charge in [-0.3, -0.25) is 20.0 Å². The van der Waals surface area contributed by atoms with Crippen LogP contribution in [0.25, 0.3) is 0 Å². The molecule has 0 bridgehead atoms. The van der Waals surface area contributed by atoms with Crippen molar-refractivity contribution in [2.24, 2.45) is 0 Å². The lowest BCUT2D eigenvalue weighted by atomic mass is 10.2. The van der Waals surface area contributed by atoms with Gasteiger partial charge in [0.25, 0.3) is 5.91 Å². The van der Waals surface area contributed by atoms with Gasteiger partial charge in [0.2, 0.25) is 5.91 Å². The van der Waals surface area contributed by atoms with Gasteiger partial charge in [-0.2, -0.15) is 0 Å². The number of hydrazine groups is 1. The Kier molecular flexibility index (Phi) is 6.53. The van der Waals surface area contributed by atoms with E-state index in [1.807, 2.05) is 12.1 Å². The van der Waals surface area contributed by atoms with E-state index >= 15 is 0 Å². The number of nitrogens with one attached hydrogen (secondary N) is 3. The van der Waals surface area contributed by atoms with Crippen LogP contribution in [0, 0.1) is 0 Å². The molecule has 0 aliphatic carbocycles. The average molecular weight is 333 g/mol. The standard InChI is InChI=1S/C16H17ClN4O2/c17-14-3-1-12(2-4-14)11-19-15(22)7-10-20-21-16(23)13-5-8-18-9-6-13/h1-6,8-9,20H,7,10-11H2,(H,19,22)(H,21,23). The number of carbonyl (C=O) groups excluding carboxylic acids is 2. The average Bonchev–Trinajstić information content (AvgIpc) is 2.59. The van der Waals surface area contributed by atoms with Gasteiger partial charge in [-0.25, -0.2) is 5.43 Å². The lowest BCUT2D eigenvalue weighted by molar-refractivity contribution is -0.121. The van der Waals surface area contributed by atoms with Crippen molar-refractivity contribution in [2.75, 3.05) is 6.54 Å². The number of amides is 2. The van der Waals surface area contributed by atoms with E-state index in [0.29, 0.717) is 23.7 Å². The molecule has 2 rings (SSSR count). The molecule has 3 N–H and O–H groups in total. The highest BCUT2D eigenvalue weighted by Gasteiger charge is 2.05. The molecule has 6 nitrogen and oxygen atoms in total. The SMILES string of the molecule is O=C(CCNNC(=O)c1ccncc1)NCc1ccc(Cl)cc1. The zero-order chi connectivity index (χ0) is 16.5. The maximum Gasteiger partial charge on any atom is 0.265 e. The number of pyridine rings is 1. The van der Waals surface area contributed by atoms with Gasteiger partial charge < -0.3 is 5.32 Å². The van der Waals surface area contributed by atoms with Crippen molar-refractivity contribution < 1.29 is 9.59 Å². The number of halogens is 1. The van der Waals surface area contributed by atoms with Gasteiger partial charge in [0, 0.05) is 42.5 Å². The molecule has 0 unspecified atom stereocenters. The molecular formula is C16H17ClN4O2. The first-order valence-corrected chi connectivity index (χ1v) is 7.47. The third-order valence-electron chi connectivity index (χ3n) is 3.02. The third-order valence-corrected chi connectivity index (χ3v) is 3.28. The van der Waals surface area contributed by atoms with E-state index in [0.717, 1.165) is 5.56 Å². The van der Waals surface area contributed by atoms with E-state index in [9.17, 15) is 9.59 Å². The van der Waals surface area contributed by atoms with Crippen LogP contribution in [0.2, 0.25) is 5.02 Å². The summed E-state index contributed by atoms with van der Waals surface area (Å²) in [6.07, 6.45) is 3.34. The number of benzene rings is 1. The van der Waals surface area contributed by atoms with E-state index in [1.165, 1.54) is 0 Å². The minimum absolute atomic E-state index is 0.106. The second kappa shape index (κ2) is 8.87. The molecule has 0 saturated carbocycles. The fourth-order valence-electron chi connectivity index (χ4n) is 1.79. The molecule has 0 spiro atoms. The van der Waals surface area contributed by atoms with Crippen LogP contribution < -0.4 is 16.2 Å². The summed E-state index contributed by atoms with van der Waals surface area (Å²) in [5, 5.41) is 3.46. The van der Waals surface area contributed by atoms with Gasteiger partial charge in [0.1, 0.15) is 0 Å². The number of aromatic nitrogens is 1. The Bertz CT molecular complexity index is 647. The molecule has 0 aliphatic heterocycles. The van der Waals surface area contributed by atoms with Crippen LogP contribution in [-0.2, 0) is 11.3 Å². The minimum atomic E-state index is -0.269. The van der Waals surface area contributed by atoms with Crippen molar-refractivity contribution in [1.29, 1.82) is 0 Å². The minimum Gasteiger partial charge on any atom is -0.352 e. The number of hydrogen-bond acceptors (Lipinski definition) is 4. The Morgan fingerprint density at radius 1 is 1.04 bits per heavy atom. The maximum atomic E-state index is 11.7. The summed E-state index contributed by atoms with van der Waals surface area (Å²) in [7, 11) is 0. The Morgan fingerprint density at radius 3 is 2.43 bits per heavy atom. The number of carbonyl (C=O) groups is 2. The summed E-state index contributed by atoms with van der Waals surface area (Å²) in [6.45, 7) is 0.780. The van der Waals surface area contributed by atoms with Crippen molar-refractivity contribution in [3.05, 3.63) is 64.9 Å². The summed E-state index contributed by atoms with van der Waals surface area (Å²) in [5.74, 6) is -0.375. The second-order valence-electron chi connectivity index (χ2n) is 4.77. The first kappa shape index (κ1) is 16.9. The maximum absolute atomic E-state index is 11.7. The summed E-state index contributed by atoms with van der Waals surface area (Å²) >= 11 is 5.80. The van der Waals surface area contributed by atoms with Crippen LogP contribution in [-0.4, -0.2) is 23.3 Å². The van der Waals surface area contributed by atoms with Crippen molar-refractivity contribution >= 4 is 23.4 Å². The highest BCUT2D eigenvalue weighted by Crippen LogP contribution is 2.09. The molecule has 120 valence electrons. The molecule has 1 heterocycles. The molecule has 1 aromatic heterocycles. The largest absolute Gasteiger partial charge is 0.352 e. The van der Waals surface area contributed by atoms with Crippen LogP contribution in [0.15, 0.2) is 48.8 Å². The Morgan fingerprint density at radius 2 is 1.74 bits per heavy atom. The predicted molar refractivity (Wildman–Crippen MR) is 87.6 cm³/mol. The summed E-state index contributed by atoms with van der Waals surface area (Å²) in [6, 6.07) is 10.5. The molecule has 23 heavy (non-hydrogen) atoms. The van der Waals surface area contributed by atoms with Crippen molar-refractivity contribution in [3.63, 3.8) is 0 Å². The Balaban J connectivity index is 1.61.